The number of rotatable bonds is 5. The number of nitrogens with zero attached hydrogens (tertiary/aromatic N) is 4. The fourth-order valence-corrected chi connectivity index (χ4v) is 4.01. The largest absolute Gasteiger partial charge is 0.383 e. The molecule has 1 amide bonds. The summed E-state index contributed by atoms with van der Waals surface area (Å²) in [6, 6.07) is 17.5. The summed E-state index contributed by atoms with van der Waals surface area (Å²) < 4.78 is 6.98. The molecule has 0 saturated heterocycles. The van der Waals surface area contributed by atoms with Crippen molar-refractivity contribution in [1.29, 1.82) is 0 Å². The van der Waals surface area contributed by atoms with Gasteiger partial charge in [-0.1, -0.05) is 48.1 Å². The summed E-state index contributed by atoms with van der Waals surface area (Å²) in [7, 11) is 1.95. The Labute approximate surface area is 195 Å². The Morgan fingerprint density at radius 1 is 1.00 bits per heavy atom. The maximum Gasteiger partial charge on any atom is 0.250 e. The lowest BCUT2D eigenvalue weighted by Crippen LogP contribution is -2.11. The number of carbonyl (C=O) groups is 1. The molecule has 3 aromatic heterocycles. The fourth-order valence-electron chi connectivity index (χ4n) is 4.01. The molecule has 0 saturated carbocycles. The third-order valence-corrected chi connectivity index (χ3v) is 5.71. The number of nitrogen functional groups attached to an aromatic ring is 1. The van der Waals surface area contributed by atoms with Crippen molar-refractivity contribution >= 4 is 28.4 Å². The van der Waals surface area contributed by atoms with Gasteiger partial charge in [-0.05, 0) is 30.2 Å². The van der Waals surface area contributed by atoms with Crippen LogP contribution in [0.3, 0.4) is 0 Å². The second-order valence-corrected chi connectivity index (χ2v) is 8.01. The zero-order chi connectivity index (χ0) is 23.8. The van der Waals surface area contributed by atoms with Gasteiger partial charge >= 0.3 is 0 Å². The van der Waals surface area contributed by atoms with Crippen LogP contribution in [-0.4, -0.2) is 25.6 Å². The summed E-state index contributed by atoms with van der Waals surface area (Å²) >= 11 is 0. The summed E-state index contributed by atoms with van der Waals surface area (Å²) in [4.78, 5) is 20.7. The number of hydrogen-bond donors (Lipinski definition) is 2. The average molecular weight is 451 g/mol. The quantitative estimate of drug-likeness (QED) is 0.362. The highest BCUT2D eigenvalue weighted by Crippen LogP contribution is 2.42. The first-order chi connectivity index (χ1) is 16.4. The van der Waals surface area contributed by atoms with Gasteiger partial charge in [0, 0.05) is 35.5 Å². The summed E-state index contributed by atoms with van der Waals surface area (Å²) in [5.41, 5.74) is 13.7. The van der Waals surface area contributed by atoms with E-state index in [0.717, 1.165) is 44.7 Å². The number of amides is 1. The maximum atomic E-state index is 12.0. The number of benzene rings is 2. The number of hydrogen-bond acceptors (Lipinski definition) is 6. The molecule has 0 bridgehead atoms. The first-order valence-corrected chi connectivity index (χ1v) is 10.6. The van der Waals surface area contributed by atoms with E-state index >= 15 is 0 Å². The lowest BCUT2D eigenvalue weighted by Gasteiger charge is -2.11. The van der Waals surface area contributed by atoms with Crippen molar-refractivity contribution < 1.29 is 9.32 Å². The van der Waals surface area contributed by atoms with Gasteiger partial charge in [-0.2, -0.15) is 0 Å². The lowest BCUT2D eigenvalue weighted by atomic mass is 9.97. The van der Waals surface area contributed by atoms with Crippen molar-refractivity contribution in [3.63, 3.8) is 0 Å². The van der Waals surface area contributed by atoms with Gasteiger partial charge in [-0.15, -0.1) is 0 Å². The molecular weight excluding hydrogens is 428 g/mol. The van der Waals surface area contributed by atoms with Crippen LogP contribution in [0.5, 0.6) is 0 Å². The van der Waals surface area contributed by atoms with Gasteiger partial charge < -0.3 is 20.1 Å². The third-order valence-electron chi connectivity index (χ3n) is 5.71. The van der Waals surface area contributed by atoms with E-state index in [1.807, 2.05) is 66.2 Å². The lowest BCUT2D eigenvalue weighted by molar-refractivity contribution is -0.112. The molecule has 0 radical (unpaired) electrons. The van der Waals surface area contributed by atoms with Gasteiger partial charge in [0.2, 0.25) is 0 Å². The Morgan fingerprint density at radius 2 is 1.68 bits per heavy atom. The Morgan fingerprint density at radius 3 is 2.32 bits per heavy atom. The van der Waals surface area contributed by atoms with Crippen molar-refractivity contribution in [2.45, 2.75) is 6.92 Å². The molecule has 0 aliphatic carbocycles. The normalized spacial score (nSPS) is 11.0. The van der Waals surface area contributed by atoms with E-state index in [1.54, 1.807) is 13.2 Å². The first-order valence-electron chi connectivity index (χ1n) is 10.6. The van der Waals surface area contributed by atoms with Crippen LogP contribution in [0.4, 0.5) is 11.5 Å². The average Bonchev–Trinajstić information content (AvgIpc) is 3.47. The molecule has 2 aromatic carbocycles. The Kier molecular flexibility index (Phi) is 5.18. The predicted octanol–water partition coefficient (Wildman–Crippen LogP) is 5.05. The molecular formula is C26H22N6O2. The third kappa shape index (κ3) is 3.61. The second kappa shape index (κ2) is 8.32. The minimum Gasteiger partial charge on any atom is -0.383 e. The van der Waals surface area contributed by atoms with Crippen molar-refractivity contribution in [3.05, 3.63) is 79.3 Å². The molecule has 0 spiro atoms. The van der Waals surface area contributed by atoms with E-state index in [0.29, 0.717) is 17.1 Å². The van der Waals surface area contributed by atoms with Gasteiger partial charge in [0.25, 0.3) is 5.91 Å². The van der Waals surface area contributed by atoms with Gasteiger partial charge in [-0.25, -0.2) is 9.97 Å². The van der Waals surface area contributed by atoms with Crippen molar-refractivity contribution in [1.82, 2.24) is 19.7 Å². The molecule has 168 valence electrons. The molecule has 3 heterocycles. The molecule has 5 aromatic rings. The van der Waals surface area contributed by atoms with Crippen LogP contribution in [0.2, 0.25) is 0 Å². The predicted molar refractivity (Wildman–Crippen MR) is 133 cm³/mol. The van der Waals surface area contributed by atoms with Crippen LogP contribution in [0.1, 0.15) is 6.92 Å². The molecule has 0 atom stereocenters. The number of nitrogens with one attached hydrogen (secondary N) is 1. The SMILES string of the molecule is C=C(C)C(=O)Nc1ccc(-c2c(-c3ccc(-c4ccon4)cc3)c3c(N)ncnc3n2C)cc1. The zero-order valence-corrected chi connectivity index (χ0v) is 18.7. The van der Waals surface area contributed by atoms with E-state index in [-0.39, 0.29) is 5.91 Å². The number of aromatic nitrogens is 4. The number of fused-ring (bicyclic) bond motifs is 1. The van der Waals surface area contributed by atoms with Crippen LogP contribution in [0.15, 0.2) is 83.9 Å². The van der Waals surface area contributed by atoms with Crippen LogP contribution >= 0.6 is 0 Å². The minimum atomic E-state index is -0.215. The van der Waals surface area contributed by atoms with E-state index in [9.17, 15) is 4.79 Å². The van der Waals surface area contributed by atoms with E-state index in [1.165, 1.54) is 6.33 Å². The van der Waals surface area contributed by atoms with Gasteiger partial charge in [-0.3, -0.25) is 4.79 Å². The fraction of sp³-hybridized carbons (Fsp3) is 0.0769. The number of aryl methyl sites for hydroxylation is 1. The molecule has 3 N–H and O–H groups in total. The van der Waals surface area contributed by atoms with Crippen LogP contribution < -0.4 is 11.1 Å². The van der Waals surface area contributed by atoms with Gasteiger partial charge in [0.1, 0.15) is 29.7 Å². The summed E-state index contributed by atoms with van der Waals surface area (Å²) in [5, 5.41) is 7.63. The molecule has 0 unspecified atom stereocenters. The van der Waals surface area contributed by atoms with Crippen molar-refractivity contribution in [3.8, 4) is 33.6 Å². The number of carbonyl (C=O) groups excluding carboxylic acids is 1. The topological polar surface area (TPSA) is 112 Å². The molecule has 0 aliphatic rings. The van der Waals surface area contributed by atoms with Crippen LogP contribution in [-0.2, 0) is 11.8 Å². The van der Waals surface area contributed by atoms with Gasteiger partial charge in [0.15, 0.2) is 0 Å². The highest BCUT2D eigenvalue weighted by Gasteiger charge is 2.22. The van der Waals surface area contributed by atoms with E-state index in [2.05, 4.69) is 27.0 Å². The smallest absolute Gasteiger partial charge is 0.250 e. The summed E-state index contributed by atoms with van der Waals surface area (Å²) in [6.45, 7) is 5.35. The second-order valence-electron chi connectivity index (χ2n) is 8.01. The minimum absolute atomic E-state index is 0.215. The Hall–Kier alpha value is -4.72. The van der Waals surface area contributed by atoms with Crippen LogP contribution in [0.25, 0.3) is 44.7 Å². The highest BCUT2D eigenvalue weighted by molar-refractivity contribution is 6.08. The molecule has 0 fully saturated rings. The zero-order valence-electron chi connectivity index (χ0n) is 18.7. The van der Waals surface area contributed by atoms with Crippen LogP contribution in [0, 0.1) is 0 Å². The van der Waals surface area contributed by atoms with Crippen molar-refractivity contribution in [2.75, 3.05) is 11.1 Å². The summed E-state index contributed by atoms with van der Waals surface area (Å²) in [5.74, 6) is 0.195. The maximum absolute atomic E-state index is 12.0. The van der Waals surface area contributed by atoms with Crippen molar-refractivity contribution in [2.24, 2.45) is 7.05 Å². The summed E-state index contributed by atoms with van der Waals surface area (Å²) in [6.07, 6.45) is 3.02. The Balaban J connectivity index is 1.65. The molecule has 8 nitrogen and oxygen atoms in total. The number of anilines is 2. The monoisotopic (exact) mass is 450 g/mol. The molecule has 0 aliphatic heterocycles. The van der Waals surface area contributed by atoms with E-state index < -0.39 is 0 Å². The van der Waals surface area contributed by atoms with E-state index in [4.69, 9.17) is 10.3 Å². The first kappa shape index (κ1) is 21.1. The molecule has 5 rings (SSSR count). The molecule has 8 heteroatoms. The molecule has 34 heavy (non-hydrogen) atoms. The number of nitrogens with two attached hydrogens (primary N) is 1. The van der Waals surface area contributed by atoms with Gasteiger partial charge in [0.05, 0.1) is 11.1 Å². The Bertz CT molecular complexity index is 1510. The highest BCUT2D eigenvalue weighted by atomic mass is 16.5. The standard InChI is InChI=1S/C26H22N6O2/c1-15(2)26(33)30-19-10-8-18(9-11-19)23-21(22-24(27)28-14-29-25(22)32(23)3)17-6-4-16(5-7-17)20-12-13-34-31-20/h4-14H,1H2,2-3H3,(H,30,33)(H2,27,28,29).